The second-order valence-electron chi connectivity index (χ2n) is 9.58. The van der Waals surface area contributed by atoms with Gasteiger partial charge in [0.05, 0.1) is 23.7 Å². The van der Waals surface area contributed by atoms with E-state index in [1.807, 2.05) is 0 Å². The number of carbonyl (C=O) groups is 2. The van der Waals surface area contributed by atoms with Crippen LogP contribution in [0.5, 0.6) is 0 Å². The van der Waals surface area contributed by atoms with Crippen molar-refractivity contribution in [3.63, 3.8) is 0 Å². The second kappa shape index (κ2) is 11.3. The zero-order valence-corrected chi connectivity index (χ0v) is 21.7. The molecule has 42 heavy (non-hydrogen) atoms. The summed E-state index contributed by atoms with van der Waals surface area (Å²) in [6, 6.07) is 17.1. The maximum absolute atomic E-state index is 14.0. The number of primary amides is 1. The minimum Gasteiger partial charge on any atom is -0.366 e. The van der Waals surface area contributed by atoms with E-state index >= 15 is 0 Å². The Balaban J connectivity index is 1.49. The van der Waals surface area contributed by atoms with Crippen molar-refractivity contribution >= 4 is 22.7 Å². The lowest BCUT2D eigenvalue weighted by Gasteiger charge is -2.21. The minimum absolute atomic E-state index is 0.0630. The summed E-state index contributed by atoms with van der Waals surface area (Å²) in [7, 11) is 0. The highest BCUT2D eigenvalue weighted by molar-refractivity contribution is 5.94. The molecular formula is C31H21F5N4O2. The number of nitrogens with zero attached hydrogens (tertiary/aromatic N) is 1. The van der Waals surface area contributed by atoms with E-state index in [9.17, 15) is 31.5 Å². The fourth-order valence-electron chi connectivity index (χ4n) is 4.74. The predicted molar refractivity (Wildman–Crippen MR) is 144 cm³/mol. The molecule has 1 atom stereocenters. The molecule has 0 aliphatic carbocycles. The average Bonchev–Trinajstić information content (AvgIpc) is 3.33. The Labute approximate surface area is 236 Å². The summed E-state index contributed by atoms with van der Waals surface area (Å²) in [6.07, 6.45) is -1.87. The van der Waals surface area contributed by atoms with Crippen LogP contribution in [0.3, 0.4) is 0 Å². The van der Waals surface area contributed by atoms with Gasteiger partial charge in [0.2, 0.25) is 11.8 Å². The fraction of sp³-hybridized carbons (Fsp3) is 0.129. The number of halogens is 5. The van der Waals surface area contributed by atoms with Gasteiger partial charge in [0, 0.05) is 52.1 Å². The Morgan fingerprint density at radius 2 is 1.81 bits per heavy atom. The van der Waals surface area contributed by atoms with E-state index in [0.29, 0.717) is 27.8 Å². The molecular weight excluding hydrogens is 555 g/mol. The Morgan fingerprint density at radius 3 is 2.52 bits per heavy atom. The van der Waals surface area contributed by atoms with E-state index in [-0.39, 0.29) is 29.5 Å². The van der Waals surface area contributed by atoms with Gasteiger partial charge in [0.15, 0.2) is 0 Å². The van der Waals surface area contributed by atoms with Crippen LogP contribution in [0.15, 0.2) is 73.1 Å². The van der Waals surface area contributed by atoms with Crippen molar-refractivity contribution in [1.82, 2.24) is 15.3 Å². The van der Waals surface area contributed by atoms with Gasteiger partial charge in [-0.05, 0) is 53.9 Å². The van der Waals surface area contributed by atoms with Crippen LogP contribution in [0.4, 0.5) is 22.0 Å². The lowest BCUT2D eigenvalue weighted by atomic mass is 9.95. The zero-order valence-electron chi connectivity index (χ0n) is 21.7. The van der Waals surface area contributed by atoms with Crippen LogP contribution in [0.2, 0.25) is 0 Å². The minimum atomic E-state index is -4.52. The molecule has 6 nitrogen and oxygen atoms in total. The molecule has 2 heterocycles. The molecule has 4 N–H and O–H groups in total. The first kappa shape index (κ1) is 28.3. The smallest absolute Gasteiger partial charge is 0.366 e. The maximum atomic E-state index is 14.0. The highest BCUT2D eigenvalue weighted by Crippen LogP contribution is 2.33. The van der Waals surface area contributed by atoms with Crippen LogP contribution < -0.4 is 11.1 Å². The van der Waals surface area contributed by atoms with Crippen molar-refractivity contribution in [1.29, 1.82) is 0 Å². The monoisotopic (exact) mass is 576 g/mol. The Bertz CT molecular complexity index is 1780. The van der Waals surface area contributed by atoms with Gasteiger partial charge < -0.3 is 16.0 Å². The Morgan fingerprint density at radius 1 is 1.05 bits per heavy atom. The first-order chi connectivity index (χ1) is 20.0. The van der Waals surface area contributed by atoms with E-state index in [1.54, 1.807) is 12.1 Å². The summed E-state index contributed by atoms with van der Waals surface area (Å²) < 4.78 is 67.5. The molecule has 0 saturated carbocycles. The molecule has 2 amide bonds. The van der Waals surface area contributed by atoms with E-state index in [2.05, 4.69) is 27.4 Å². The Hall–Kier alpha value is -5.24. The topological polar surface area (TPSA) is 101 Å². The number of H-pyrrole nitrogens is 1. The number of benzene rings is 2. The van der Waals surface area contributed by atoms with Crippen LogP contribution in [-0.4, -0.2) is 21.8 Å². The predicted octanol–water partition coefficient (Wildman–Crippen LogP) is 5.87. The molecule has 11 heteroatoms. The summed E-state index contributed by atoms with van der Waals surface area (Å²) >= 11 is 0. The standard InChI is InChI=1S/C31H21F5N4O2/c32-22-9-17(10-23(33)15-22)11-27(29-25(5-2-8-38-29)18-3-1-4-19(12-18)30(37)42)40-28(41)13-20-16-39-26-14-21(31(34,35)36)6-7-24(20)26/h2,4-10,12,14-16,27,39H,11,13H2,(H2,37,42)(H,40,41). The van der Waals surface area contributed by atoms with Crippen LogP contribution in [0.25, 0.3) is 22.0 Å². The summed E-state index contributed by atoms with van der Waals surface area (Å²) in [5, 5.41) is 3.29. The molecule has 2 aromatic heterocycles. The fourth-order valence-corrected chi connectivity index (χ4v) is 4.74. The van der Waals surface area contributed by atoms with Gasteiger partial charge in [0.25, 0.3) is 0 Å². The Kier molecular flexibility index (Phi) is 7.63. The summed E-state index contributed by atoms with van der Waals surface area (Å²) in [4.78, 5) is 32.3. The molecule has 5 aromatic rings. The molecule has 0 saturated heterocycles. The van der Waals surface area contributed by atoms with Gasteiger partial charge in [-0.1, -0.05) is 24.3 Å². The van der Waals surface area contributed by atoms with Crippen molar-refractivity contribution in [2.45, 2.75) is 25.1 Å². The average molecular weight is 577 g/mol. The van der Waals surface area contributed by atoms with E-state index in [4.69, 9.17) is 5.73 Å². The number of aromatic amines is 1. The third-order valence-electron chi connectivity index (χ3n) is 6.62. The van der Waals surface area contributed by atoms with E-state index in [0.717, 1.165) is 30.3 Å². The largest absolute Gasteiger partial charge is 0.416 e. The number of pyridine rings is 1. The number of hydrogen-bond acceptors (Lipinski definition) is 3. The van der Waals surface area contributed by atoms with Gasteiger partial charge in [-0.15, -0.1) is 0 Å². The molecule has 0 radical (unpaired) electrons. The highest BCUT2D eigenvalue weighted by atomic mass is 19.4. The quantitative estimate of drug-likeness (QED) is 0.202. The summed E-state index contributed by atoms with van der Waals surface area (Å²) in [6.45, 7) is 0. The van der Waals surface area contributed by atoms with Crippen LogP contribution >= 0.6 is 0 Å². The number of nitrogens with one attached hydrogen (secondary N) is 2. The molecule has 1 unspecified atom stereocenters. The van der Waals surface area contributed by atoms with Crippen LogP contribution in [-0.2, 0) is 23.8 Å². The van der Waals surface area contributed by atoms with Crippen molar-refractivity contribution in [3.8, 4) is 11.1 Å². The van der Waals surface area contributed by atoms with E-state index < -0.39 is 41.2 Å². The SMILES string of the molecule is NC(=O)c1cc#cc(-c2cccnc2C(Cc2cc(F)cc(F)c2)NC(=O)Cc2c[nH]c3cc(C(F)(F)F)ccc23)c1. The van der Waals surface area contributed by atoms with Gasteiger partial charge in [-0.2, -0.15) is 13.2 Å². The molecule has 0 aliphatic heterocycles. The number of aromatic nitrogens is 2. The summed E-state index contributed by atoms with van der Waals surface area (Å²) in [5.41, 5.74) is 6.83. The lowest BCUT2D eigenvalue weighted by Crippen LogP contribution is -2.32. The summed E-state index contributed by atoms with van der Waals surface area (Å²) in [5.74, 6) is -2.81. The first-order valence-electron chi connectivity index (χ1n) is 12.6. The van der Waals surface area contributed by atoms with Crippen molar-refractivity contribution in [3.05, 3.63) is 125 Å². The van der Waals surface area contributed by atoms with Gasteiger partial charge >= 0.3 is 6.18 Å². The number of fused-ring (bicyclic) bond motifs is 1. The van der Waals surface area contributed by atoms with E-state index in [1.165, 1.54) is 30.6 Å². The van der Waals surface area contributed by atoms with Crippen molar-refractivity contribution in [2.24, 2.45) is 5.73 Å². The van der Waals surface area contributed by atoms with Crippen LogP contribution in [0, 0.1) is 23.8 Å². The van der Waals surface area contributed by atoms with Crippen molar-refractivity contribution in [2.75, 3.05) is 0 Å². The molecule has 0 bridgehead atoms. The maximum Gasteiger partial charge on any atom is 0.416 e. The molecule has 0 spiro atoms. The highest BCUT2D eigenvalue weighted by Gasteiger charge is 2.31. The number of rotatable bonds is 8. The van der Waals surface area contributed by atoms with Crippen LogP contribution in [0.1, 0.15) is 38.8 Å². The number of nitrogens with two attached hydrogens (primary N) is 1. The third kappa shape index (κ3) is 6.23. The van der Waals surface area contributed by atoms with Crippen molar-refractivity contribution < 1.29 is 31.5 Å². The molecule has 212 valence electrons. The normalized spacial score (nSPS) is 12.1. The number of hydrogen-bond donors (Lipinski definition) is 3. The number of alkyl halides is 3. The van der Waals surface area contributed by atoms with Gasteiger partial charge in [-0.25, -0.2) is 8.78 Å². The molecule has 0 aliphatic rings. The first-order valence-corrected chi connectivity index (χ1v) is 12.6. The second-order valence-corrected chi connectivity index (χ2v) is 9.58. The molecule has 5 rings (SSSR count). The number of amides is 2. The van der Waals surface area contributed by atoms with Gasteiger partial charge in [0.1, 0.15) is 11.6 Å². The van der Waals surface area contributed by atoms with Gasteiger partial charge in [-0.3, -0.25) is 14.6 Å². The number of carbonyl (C=O) groups excluding carboxylic acids is 2. The lowest BCUT2D eigenvalue weighted by molar-refractivity contribution is -0.137. The molecule has 3 aromatic carbocycles. The zero-order chi connectivity index (χ0) is 30.0. The third-order valence-corrected chi connectivity index (χ3v) is 6.62. The molecule has 0 fully saturated rings.